The molecule has 0 nitrogen and oxygen atoms in total. The Balaban J connectivity index is 2.82. The lowest BCUT2D eigenvalue weighted by molar-refractivity contribution is 0.658. The molecule has 2 aromatic rings. The van der Waals surface area contributed by atoms with Crippen LogP contribution in [-0.4, -0.2) is 0 Å². The summed E-state index contributed by atoms with van der Waals surface area (Å²) in [6, 6.07) is 5.46. The zero-order valence-corrected chi connectivity index (χ0v) is 10.2. The van der Waals surface area contributed by atoms with Crippen LogP contribution in [0.4, 0.5) is 4.39 Å². The zero-order valence-electron chi connectivity index (χ0n) is 6.48. The molecule has 0 aliphatic rings. The van der Waals surface area contributed by atoms with E-state index in [1.165, 1.54) is 0 Å². The van der Waals surface area contributed by atoms with Gasteiger partial charge in [0.15, 0.2) is 5.13 Å². The quantitative estimate of drug-likeness (QED) is 0.539. The fourth-order valence-electron chi connectivity index (χ4n) is 1.25. The summed E-state index contributed by atoms with van der Waals surface area (Å²) in [5, 5.41) is 0.799. The maximum Gasteiger partial charge on any atom is 0.177 e. The lowest BCUT2D eigenvalue weighted by Gasteiger charge is -2.00. The van der Waals surface area contributed by atoms with Crippen molar-refractivity contribution in [2.75, 3.05) is 0 Å². The standard InChI is InChI=1S/C9H5ClFIS/c10-4-6-5-3-9(11)13-8(5)2-1-7(6)12/h1-3H,4H2. The summed E-state index contributed by atoms with van der Waals surface area (Å²) in [5.41, 5.74) is 1.03. The Labute approximate surface area is 97.8 Å². The summed E-state index contributed by atoms with van der Waals surface area (Å²) in [6.45, 7) is 0. The molecule has 4 heteroatoms. The molecule has 0 N–H and O–H groups in total. The summed E-state index contributed by atoms with van der Waals surface area (Å²) in [5.74, 6) is 0.436. The van der Waals surface area contributed by atoms with Crippen molar-refractivity contribution in [2.45, 2.75) is 5.88 Å². The van der Waals surface area contributed by atoms with Gasteiger partial charge in [-0.1, -0.05) is 0 Å². The minimum atomic E-state index is -0.150. The molecule has 68 valence electrons. The van der Waals surface area contributed by atoms with E-state index in [9.17, 15) is 4.39 Å². The van der Waals surface area contributed by atoms with Gasteiger partial charge < -0.3 is 0 Å². The molecule has 0 aliphatic carbocycles. The molecule has 0 fully saturated rings. The summed E-state index contributed by atoms with van der Waals surface area (Å²) in [4.78, 5) is 0. The molecule has 0 aliphatic heterocycles. The van der Waals surface area contributed by atoms with Crippen molar-refractivity contribution in [2.24, 2.45) is 0 Å². The van der Waals surface area contributed by atoms with Crippen molar-refractivity contribution in [1.82, 2.24) is 0 Å². The maximum atomic E-state index is 12.9. The SMILES string of the molecule is Fc1cc2c(CCl)c(I)ccc2s1. The Bertz CT molecular complexity index is 452. The summed E-state index contributed by atoms with van der Waals surface area (Å²) in [6.07, 6.45) is 0. The van der Waals surface area contributed by atoms with Crippen molar-refractivity contribution >= 4 is 55.6 Å². The van der Waals surface area contributed by atoms with Gasteiger partial charge in [0.1, 0.15) is 0 Å². The van der Waals surface area contributed by atoms with Crippen LogP contribution in [0, 0.1) is 8.70 Å². The second-order valence-corrected chi connectivity index (χ2v) is 5.09. The van der Waals surface area contributed by atoms with Gasteiger partial charge in [0.2, 0.25) is 0 Å². The number of rotatable bonds is 1. The molecule has 13 heavy (non-hydrogen) atoms. The van der Waals surface area contributed by atoms with Crippen LogP contribution in [0.2, 0.25) is 0 Å². The minimum absolute atomic E-state index is 0.150. The van der Waals surface area contributed by atoms with Gasteiger partial charge in [0, 0.05) is 19.5 Å². The van der Waals surface area contributed by atoms with Crippen molar-refractivity contribution in [3.63, 3.8) is 0 Å². The van der Waals surface area contributed by atoms with Gasteiger partial charge in [0.05, 0.1) is 0 Å². The van der Waals surface area contributed by atoms with Crippen molar-refractivity contribution in [3.8, 4) is 0 Å². The van der Waals surface area contributed by atoms with Gasteiger partial charge in [-0.2, -0.15) is 4.39 Å². The van der Waals surface area contributed by atoms with Crippen LogP contribution >= 0.6 is 45.5 Å². The predicted octanol–water partition coefficient (Wildman–Crippen LogP) is 4.38. The highest BCUT2D eigenvalue weighted by atomic mass is 127. The van der Waals surface area contributed by atoms with E-state index >= 15 is 0 Å². The van der Waals surface area contributed by atoms with Crippen LogP contribution in [0.3, 0.4) is 0 Å². The Hall–Kier alpha value is 0.130. The normalized spacial score (nSPS) is 11.0. The molecule has 1 heterocycles. The van der Waals surface area contributed by atoms with E-state index in [1.54, 1.807) is 6.07 Å². The third kappa shape index (κ3) is 1.69. The largest absolute Gasteiger partial charge is 0.195 e. The minimum Gasteiger partial charge on any atom is -0.195 e. The molecule has 1 aromatic heterocycles. The van der Waals surface area contributed by atoms with Gasteiger partial charge in [0.25, 0.3) is 0 Å². The Morgan fingerprint density at radius 2 is 2.23 bits per heavy atom. The molecule has 0 radical (unpaired) electrons. The molecule has 0 atom stereocenters. The Kier molecular flexibility index (Phi) is 2.76. The van der Waals surface area contributed by atoms with E-state index in [0.717, 1.165) is 30.6 Å². The first-order chi connectivity index (χ1) is 6.22. The second-order valence-electron chi connectivity index (χ2n) is 2.62. The van der Waals surface area contributed by atoms with E-state index in [4.69, 9.17) is 11.6 Å². The van der Waals surface area contributed by atoms with Crippen LogP contribution in [0.25, 0.3) is 10.1 Å². The fourth-order valence-corrected chi connectivity index (χ4v) is 3.24. The number of hydrogen-bond acceptors (Lipinski definition) is 1. The first-order valence-electron chi connectivity index (χ1n) is 3.65. The van der Waals surface area contributed by atoms with Crippen LogP contribution in [0.5, 0.6) is 0 Å². The number of halogens is 3. The van der Waals surface area contributed by atoms with E-state index in [1.807, 2.05) is 12.1 Å². The van der Waals surface area contributed by atoms with Gasteiger partial charge in [-0.05, 0) is 46.4 Å². The molecule has 1 aromatic carbocycles. The topological polar surface area (TPSA) is 0 Å². The number of benzene rings is 1. The summed E-state index contributed by atoms with van der Waals surface area (Å²) in [7, 11) is 0. The molecule has 0 saturated carbocycles. The monoisotopic (exact) mass is 326 g/mol. The molecule has 0 saturated heterocycles. The number of hydrogen-bond donors (Lipinski definition) is 0. The molecular weight excluding hydrogens is 322 g/mol. The smallest absolute Gasteiger partial charge is 0.177 e. The molecule has 0 unspecified atom stereocenters. The fraction of sp³-hybridized carbons (Fsp3) is 0.111. The molecule has 0 bridgehead atoms. The van der Waals surface area contributed by atoms with Gasteiger partial charge in [-0.3, -0.25) is 0 Å². The highest BCUT2D eigenvalue weighted by Crippen LogP contribution is 2.31. The molecule has 2 rings (SSSR count). The lowest BCUT2D eigenvalue weighted by atomic mass is 10.1. The maximum absolute atomic E-state index is 12.9. The van der Waals surface area contributed by atoms with Gasteiger partial charge in [-0.25, -0.2) is 0 Å². The average molecular weight is 327 g/mol. The van der Waals surface area contributed by atoms with E-state index in [-0.39, 0.29) is 5.13 Å². The van der Waals surface area contributed by atoms with Crippen molar-refractivity contribution in [1.29, 1.82) is 0 Å². The van der Waals surface area contributed by atoms with E-state index in [2.05, 4.69) is 22.6 Å². The van der Waals surface area contributed by atoms with Crippen LogP contribution in [0.15, 0.2) is 18.2 Å². The van der Waals surface area contributed by atoms with Crippen LogP contribution in [-0.2, 0) is 5.88 Å². The highest BCUT2D eigenvalue weighted by molar-refractivity contribution is 14.1. The van der Waals surface area contributed by atoms with E-state index in [0.29, 0.717) is 5.88 Å². The lowest BCUT2D eigenvalue weighted by Crippen LogP contribution is -1.83. The highest BCUT2D eigenvalue weighted by Gasteiger charge is 2.08. The van der Waals surface area contributed by atoms with Crippen molar-refractivity contribution in [3.05, 3.63) is 32.5 Å². The van der Waals surface area contributed by atoms with Gasteiger partial charge in [-0.15, -0.1) is 22.9 Å². The molecule has 0 amide bonds. The number of fused-ring (bicyclic) bond motifs is 1. The van der Waals surface area contributed by atoms with Crippen LogP contribution in [0.1, 0.15) is 5.56 Å². The average Bonchev–Trinajstić information content (AvgIpc) is 2.45. The first-order valence-corrected chi connectivity index (χ1v) is 6.07. The third-order valence-corrected chi connectivity index (χ3v) is 4.03. The number of thiophene rings is 1. The zero-order chi connectivity index (χ0) is 9.42. The van der Waals surface area contributed by atoms with E-state index < -0.39 is 0 Å². The van der Waals surface area contributed by atoms with Crippen LogP contribution < -0.4 is 0 Å². The van der Waals surface area contributed by atoms with Crippen molar-refractivity contribution < 1.29 is 4.39 Å². The Morgan fingerprint density at radius 3 is 2.92 bits per heavy atom. The Morgan fingerprint density at radius 1 is 1.46 bits per heavy atom. The molecule has 0 spiro atoms. The first kappa shape index (κ1) is 9.68. The third-order valence-electron chi connectivity index (χ3n) is 1.86. The second kappa shape index (κ2) is 3.71. The summed E-state index contributed by atoms with van der Waals surface area (Å²) >= 11 is 9.18. The summed E-state index contributed by atoms with van der Waals surface area (Å²) < 4.78 is 15.0. The predicted molar refractivity (Wildman–Crippen MR) is 64.1 cm³/mol. The number of alkyl halides is 1. The molecular formula is C9H5ClFIS. The van der Waals surface area contributed by atoms with Gasteiger partial charge >= 0.3 is 0 Å².